The molecule has 1 fully saturated rings. The molecule has 0 aliphatic carbocycles. The second-order valence-corrected chi connectivity index (χ2v) is 9.32. The summed E-state index contributed by atoms with van der Waals surface area (Å²) in [7, 11) is 1.99. The molecule has 1 aliphatic heterocycles. The van der Waals surface area contributed by atoms with E-state index in [1.165, 1.54) is 30.6 Å². The number of nitrogens with zero attached hydrogens (tertiary/aromatic N) is 5. The molecule has 10 heteroatoms. The molecule has 1 N–H and O–H groups in total. The van der Waals surface area contributed by atoms with Gasteiger partial charge in [-0.1, -0.05) is 30.6 Å². The van der Waals surface area contributed by atoms with E-state index in [2.05, 4.69) is 38.7 Å². The Morgan fingerprint density at radius 1 is 1.15 bits per heavy atom. The third kappa shape index (κ3) is 7.44. The molecule has 3 heterocycles. The zero-order valence-electron chi connectivity index (χ0n) is 21.8. The van der Waals surface area contributed by atoms with Gasteiger partial charge in [0.25, 0.3) is 5.91 Å². The second kappa shape index (κ2) is 12.1. The molecule has 1 aliphatic rings. The van der Waals surface area contributed by atoms with Gasteiger partial charge in [0.05, 0.1) is 11.1 Å². The standard InChI is InChI=1S/C29H29F3N6O/c1-4-22(19-38-21(2)9-10-34-38)5-6-23-15-25(18-33-17-23)28(39)35-26-8-7-24(27(16-26)29(30,31)32)20-37-13-11-36(3)12-14-37/h4,7-10,15-19H,1,11-14,20H2,2-3H3,(H,35,39)/b22-19+. The number of allylic oxidation sites excluding steroid dienone is 2. The van der Waals surface area contributed by atoms with E-state index >= 15 is 0 Å². The number of halogens is 3. The number of pyridine rings is 1. The van der Waals surface area contributed by atoms with Crippen LogP contribution in [0.4, 0.5) is 18.9 Å². The van der Waals surface area contributed by atoms with Gasteiger partial charge in [0.15, 0.2) is 0 Å². The number of aryl methyl sites for hydroxylation is 1. The van der Waals surface area contributed by atoms with Gasteiger partial charge in [0.2, 0.25) is 0 Å². The monoisotopic (exact) mass is 534 g/mol. The molecule has 0 saturated carbocycles. The summed E-state index contributed by atoms with van der Waals surface area (Å²) in [5.74, 6) is 5.31. The maximum atomic E-state index is 13.9. The van der Waals surface area contributed by atoms with Crippen LogP contribution in [0.2, 0.25) is 0 Å². The number of carbonyl (C=O) groups excluding carboxylic acids is 1. The number of hydrogen-bond acceptors (Lipinski definition) is 5. The van der Waals surface area contributed by atoms with Gasteiger partial charge in [-0.15, -0.1) is 0 Å². The minimum absolute atomic E-state index is 0.0532. The Morgan fingerprint density at radius 3 is 2.59 bits per heavy atom. The highest BCUT2D eigenvalue weighted by Gasteiger charge is 2.34. The van der Waals surface area contributed by atoms with Crippen LogP contribution >= 0.6 is 0 Å². The Labute approximate surface area is 225 Å². The first-order valence-electron chi connectivity index (χ1n) is 12.4. The normalized spacial score (nSPS) is 14.9. The summed E-state index contributed by atoms with van der Waals surface area (Å²) in [5.41, 5.74) is 1.64. The third-order valence-electron chi connectivity index (χ3n) is 6.36. The van der Waals surface area contributed by atoms with E-state index in [4.69, 9.17) is 0 Å². The lowest BCUT2D eigenvalue weighted by molar-refractivity contribution is -0.138. The number of anilines is 1. The summed E-state index contributed by atoms with van der Waals surface area (Å²) in [5, 5.41) is 6.74. The summed E-state index contributed by atoms with van der Waals surface area (Å²) in [6.07, 6.45) is 3.27. The van der Waals surface area contributed by atoms with E-state index in [0.717, 1.165) is 24.8 Å². The molecule has 4 rings (SSSR count). The number of amides is 1. The van der Waals surface area contributed by atoms with Crippen LogP contribution in [0.15, 0.2) is 67.2 Å². The Balaban J connectivity index is 1.50. The number of aromatic nitrogens is 3. The molecule has 0 atom stereocenters. The van der Waals surface area contributed by atoms with Gasteiger partial charge < -0.3 is 10.2 Å². The van der Waals surface area contributed by atoms with Crippen LogP contribution in [-0.2, 0) is 12.7 Å². The minimum Gasteiger partial charge on any atom is -0.322 e. The smallest absolute Gasteiger partial charge is 0.322 e. The van der Waals surface area contributed by atoms with E-state index in [0.29, 0.717) is 24.2 Å². The zero-order chi connectivity index (χ0) is 28.0. The Bertz CT molecular complexity index is 1440. The highest BCUT2D eigenvalue weighted by molar-refractivity contribution is 6.04. The zero-order valence-corrected chi connectivity index (χ0v) is 21.8. The van der Waals surface area contributed by atoms with Crippen molar-refractivity contribution in [2.45, 2.75) is 19.6 Å². The first kappa shape index (κ1) is 27.8. The van der Waals surface area contributed by atoms with Gasteiger partial charge in [0, 0.05) is 80.0 Å². The first-order valence-corrected chi connectivity index (χ1v) is 12.4. The number of likely N-dealkylation sites (N-methyl/N-ethyl adjacent to an activating group) is 1. The first-order chi connectivity index (χ1) is 18.6. The number of hydrogen-bond donors (Lipinski definition) is 1. The number of nitrogens with one attached hydrogen (secondary N) is 1. The van der Waals surface area contributed by atoms with Crippen molar-refractivity contribution in [1.82, 2.24) is 24.6 Å². The molecule has 0 unspecified atom stereocenters. The van der Waals surface area contributed by atoms with Crippen LogP contribution in [0, 0.1) is 18.8 Å². The van der Waals surface area contributed by atoms with Crippen LogP contribution < -0.4 is 5.32 Å². The predicted molar refractivity (Wildman–Crippen MR) is 145 cm³/mol. The number of benzene rings is 1. The molecule has 0 bridgehead atoms. The van der Waals surface area contributed by atoms with Crippen molar-refractivity contribution in [3.8, 4) is 11.8 Å². The van der Waals surface area contributed by atoms with Crippen LogP contribution in [0.3, 0.4) is 0 Å². The van der Waals surface area contributed by atoms with Gasteiger partial charge in [-0.05, 0) is 43.8 Å². The summed E-state index contributed by atoms with van der Waals surface area (Å²) in [6, 6.07) is 7.30. The lowest BCUT2D eigenvalue weighted by Gasteiger charge is -2.33. The van der Waals surface area contributed by atoms with Crippen molar-refractivity contribution < 1.29 is 18.0 Å². The maximum absolute atomic E-state index is 13.9. The van der Waals surface area contributed by atoms with Crippen molar-refractivity contribution in [2.24, 2.45) is 0 Å². The molecule has 0 spiro atoms. The summed E-state index contributed by atoms with van der Waals surface area (Å²) < 4.78 is 43.4. The second-order valence-electron chi connectivity index (χ2n) is 9.32. The highest BCUT2D eigenvalue weighted by atomic mass is 19.4. The van der Waals surface area contributed by atoms with Crippen molar-refractivity contribution in [3.05, 3.63) is 95.1 Å². The highest BCUT2D eigenvalue weighted by Crippen LogP contribution is 2.34. The maximum Gasteiger partial charge on any atom is 0.416 e. The predicted octanol–water partition coefficient (Wildman–Crippen LogP) is 4.68. The molecule has 1 amide bonds. The topological polar surface area (TPSA) is 66.3 Å². The van der Waals surface area contributed by atoms with E-state index < -0.39 is 17.6 Å². The number of carbonyl (C=O) groups is 1. The lowest BCUT2D eigenvalue weighted by atomic mass is 10.0. The average molecular weight is 535 g/mol. The summed E-state index contributed by atoms with van der Waals surface area (Å²) in [6.45, 7) is 8.88. The third-order valence-corrected chi connectivity index (χ3v) is 6.36. The number of rotatable bonds is 6. The van der Waals surface area contributed by atoms with Gasteiger partial charge in [-0.25, -0.2) is 4.68 Å². The quantitative estimate of drug-likeness (QED) is 0.368. The SMILES string of the molecule is C=C/C(C#Cc1cncc(C(=O)Nc2ccc(CN3CCN(C)CC3)c(C(F)(F)F)c2)c1)=C\n1nccc1C. The van der Waals surface area contributed by atoms with Crippen LogP contribution in [0.25, 0.3) is 6.20 Å². The lowest BCUT2D eigenvalue weighted by Crippen LogP contribution is -2.44. The van der Waals surface area contributed by atoms with Crippen molar-refractivity contribution in [3.63, 3.8) is 0 Å². The van der Waals surface area contributed by atoms with Gasteiger partial charge in [-0.2, -0.15) is 18.3 Å². The molecule has 7 nitrogen and oxygen atoms in total. The van der Waals surface area contributed by atoms with E-state index in [1.807, 2.05) is 24.9 Å². The molecule has 1 aromatic carbocycles. The Morgan fingerprint density at radius 2 is 1.92 bits per heavy atom. The molecular formula is C29H29F3N6O. The largest absolute Gasteiger partial charge is 0.416 e. The minimum atomic E-state index is -4.55. The van der Waals surface area contributed by atoms with Gasteiger partial charge >= 0.3 is 6.18 Å². The van der Waals surface area contributed by atoms with E-state index in [-0.39, 0.29) is 23.4 Å². The fourth-order valence-electron chi connectivity index (χ4n) is 4.07. The molecule has 39 heavy (non-hydrogen) atoms. The summed E-state index contributed by atoms with van der Waals surface area (Å²) >= 11 is 0. The Kier molecular flexibility index (Phi) is 8.64. The van der Waals surface area contributed by atoms with Gasteiger partial charge in [0.1, 0.15) is 0 Å². The Hall–Kier alpha value is -4.20. The fourth-order valence-corrected chi connectivity index (χ4v) is 4.07. The summed E-state index contributed by atoms with van der Waals surface area (Å²) in [4.78, 5) is 21.1. The van der Waals surface area contributed by atoms with Crippen molar-refractivity contribution >= 4 is 17.8 Å². The van der Waals surface area contributed by atoms with E-state index in [1.54, 1.807) is 23.2 Å². The fraction of sp³-hybridized carbons (Fsp3) is 0.276. The molecule has 0 radical (unpaired) electrons. The molecular weight excluding hydrogens is 505 g/mol. The molecule has 1 saturated heterocycles. The van der Waals surface area contributed by atoms with Crippen LogP contribution in [-0.4, -0.2) is 63.7 Å². The van der Waals surface area contributed by atoms with E-state index in [9.17, 15) is 18.0 Å². The number of alkyl halides is 3. The number of piperazine rings is 1. The van der Waals surface area contributed by atoms with Crippen LogP contribution in [0.5, 0.6) is 0 Å². The molecule has 202 valence electrons. The average Bonchev–Trinajstić information content (AvgIpc) is 3.32. The van der Waals surface area contributed by atoms with Crippen LogP contribution in [0.1, 0.15) is 32.7 Å². The molecule has 2 aromatic heterocycles. The van der Waals surface area contributed by atoms with Crippen molar-refractivity contribution in [2.75, 3.05) is 38.5 Å². The molecule has 3 aromatic rings. The van der Waals surface area contributed by atoms with Gasteiger partial charge in [-0.3, -0.25) is 14.7 Å². The van der Waals surface area contributed by atoms with Crippen molar-refractivity contribution in [1.29, 1.82) is 0 Å².